The van der Waals surface area contributed by atoms with Gasteiger partial charge in [0.1, 0.15) is 5.67 Å². The minimum Gasteiger partial charge on any atom is -0.481 e. The van der Waals surface area contributed by atoms with Gasteiger partial charge in [-0.2, -0.15) is 5.26 Å². The Balaban J connectivity index is 1.64. The number of halogens is 1. The van der Waals surface area contributed by atoms with Gasteiger partial charge in [0.25, 0.3) is 0 Å². The van der Waals surface area contributed by atoms with Crippen molar-refractivity contribution < 1.29 is 24.5 Å². The standard InChI is InChI=1S/C30H44FNO4/c1-25(2)21-8-9-28(5)22(30(21,17-33)14-18(16-32)23(25)34)7-6-19-20-15-26(3,31)10-12-29(20,24(35)36)13-11-27(19,28)4/h6,18,20-23,33-34H,7-15,17H2,1-5H3,(H,35,36)/t18?,20?,21?,22?,23?,26-,27+,28+,29-,30+/m0/s1. The Labute approximate surface area is 215 Å². The second-order valence-electron chi connectivity index (χ2n) is 14.5. The summed E-state index contributed by atoms with van der Waals surface area (Å²) in [6, 6.07) is 2.36. The van der Waals surface area contributed by atoms with Gasteiger partial charge in [0.15, 0.2) is 0 Å². The van der Waals surface area contributed by atoms with Crippen LogP contribution >= 0.6 is 0 Å². The summed E-state index contributed by atoms with van der Waals surface area (Å²) in [5.74, 6) is -1.41. The maximum absolute atomic E-state index is 15.4. The molecular formula is C30H44FNO4. The van der Waals surface area contributed by atoms with E-state index in [-0.39, 0.29) is 41.6 Å². The summed E-state index contributed by atoms with van der Waals surface area (Å²) < 4.78 is 15.4. The van der Waals surface area contributed by atoms with Crippen LogP contribution in [0, 0.1) is 62.1 Å². The summed E-state index contributed by atoms with van der Waals surface area (Å²) in [5.41, 5.74) is -2.59. The molecule has 0 bridgehead atoms. The van der Waals surface area contributed by atoms with Crippen molar-refractivity contribution in [3.8, 4) is 6.07 Å². The van der Waals surface area contributed by atoms with Gasteiger partial charge in [0, 0.05) is 12.0 Å². The molecule has 5 nitrogen and oxygen atoms in total. The highest BCUT2D eigenvalue weighted by Crippen LogP contribution is 2.75. The maximum Gasteiger partial charge on any atom is 0.310 e. The number of fused-ring (bicyclic) bond motifs is 7. The zero-order valence-electron chi connectivity index (χ0n) is 22.6. The molecule has 0 heterocycles. The lowest BCUT2D eigenvalue weighted by Gasteiger charge is -2.71. The molecule has 200 valence electrons. The highest BCUT2D eigenvalue weighted by molar-refractivity contribution is 5.76. The molecule has 5 rings (SSSR count). The molecule has 4 fully saturated rings. The number of carboxylic acid groups (broad SMARTS) is 1. The molecule has 5 aliphatic carbocycles. The van der Waals surface area contributed by atoms with Crippen LogP contribution < -0.4 is 0 Å². The number of alkyl halides is 1. The fourth-order valence-corrected chi connectivity index (χ4v) is 10.7. The number of carbonyl (C=O) groups is 1. The van der Waals surface area contributed by atoms with Crippen LogP contribution in [0.2, 0.25) is 0 Å². The van der Waals surface area contributed by atoms with Crippen LogP contribution in [0.15, 0.2) is 11.6 Å². The van der Waals surface area contributed by atoms with E-state index in [0.717, 1.165) is 24.8 Å². The van der Waals surface area contributed by atoms with Crippen molar-refractivity contribution in [2.24, 2.45) is 50.7 Å². The van der Waals surface area contributed by atoms with E-state index in [2.05, 4.69) is 39.8 Å². The monoisotopic (exact) mass is 501 g/mol. The third-order valence-corrected chi connectivity index (χ3v) is 12.9. The molecule has 36 heavy (non-hydrogen) atoms. The smallest absolute Gasteiger partial charge is 0.310 e. The van der Waals surface area contributed by atoms with Gasteiger partial charge in [0.2, 0.25) is 0 Å². The highest BCUT2D eigenvalue weighted by Gasteiger charge is 2.71. The van der Waals surface area contributed by atoms with Gasteiger partial charge in [-0.3, -0.25) is 4.79 Å². The lowest BCUT2D eigenvalue weighted by Crippen LogP contribution is -2.68. The van der Waals surface area contributed by atoms with Crippen molar-refractivity contribution in [3.63, 3.8) is 0 Å². The number of aliphatic hydroxyl groups excluding tert-OH is 2. The summed E-state index contributed by atoms with van der Waals surface area (Å²) in [5, 5.41) is 42.5. The molecule has 0 aliphatic heterocycles. The van der Waals surface area contributed by atoms with Crippen LogP contribution in [0.25, 0.3) is 0 Å². The van der Waals surface area contributed by atoms with E-state index in [0.29, 0.717) is 32.1 Å². The van der Waals surface area contributed by atoms with Crippen LogP contribution in [0.3, 0.4) is 0 Å². The zero-order chi connectivity index (χ0) is 26.5. The molecule has 0 aromatic carbocycles. The van der Waals surface area contributed by atoms with Crippen molar-refractivity contribution in [3.05, 3.63) is 11.6 Å². The number of allylic oxidation sites excluding steroid dienone is 2. The number of aliphatic hydroxyl groups is 2. The Morgan fingerprint density at radius 2 is 1.75 bits per heavy atom. The molecule has 0 spiro atoms. The molecule has 5 unspecified atom stereocenters. The largest absolute Gasteiger partial charge is 0.481 e. The Hall–Kier alpha value is -1.45. The van der Waals surface area contributed by atoms with Crippen molar-refractivity contribution in [2.45, 2.75) is 104 Å². The summed E-state index contributed by atoms with van der Waals surface area (Å²) in [4.78, 5) is 12.7. The second-order valence-corrected chi connectivity index (χ2v) is 14.5. The quantitative estimate of drug-likeness (QED) is 0.424. The van der Waals surface area contributed by atoms with E-state index in [4.69, 9.17) is 0 Å². The average molecular weight is 502 g/mol. The molecule has 0 amide bonds. The van der Waals surface area contributed by atoms with Gasteiger partial charge in [0.05, 0.1) is 23.5 Å². The van der Waals surface area contributed by atoms with Crippen molar-refractivity contribution in [2.75, 3.05) is 6.61 Å². The highest BCUT2D eigenvalue weighted by atomic mass is 19.1. The van der Waals surface area contributed by atoms with E-state index >= 15 is 4.39 Å². The normalized spacial score (nSPS) is 53.5. The third-order valence-electron chi connectivity index (χ3n) is 12.9. The first-order chi connectivity index (χ1) is 16.7. The zero-order valence-corrected chi connectivity index (χ0v) is 22.6. The first-order valence-corrected chi connectivity index (χ1v) is 14.0. The van der Waals surface area contributed by atoms with Crippen LogP contribution in [0.5, 0.6) is 0 Å². The van der Waals surface area contributed by atoms with Gasteiger partial charge in [-0.15, -0.1) is 0 Å². The van der Waals surface area contributed by atoms with Crippen LogP contribution in [0.4, 0.5) is 4.39 Å². The Morgan fingerprint density at radius 3 is 2.36 bits per heavy atom. The lowest BCUT2D eigenvalue weighted by molar-refractivity contribution is -0.231. The number of nitrogens with zero attached hydrogens (tertiary/aromatic N) is 1. The molecule has 0 radical (unpaired) electrons. The maximum atomic E-state index is 15.4. The molecule has 0 saturated heterocycles. The van der Waals surface area contributed by atoms with Gasteiger partial charge < -0.3 is 15.3 Å². The minimum absolute atomic E-state index is 0.0173. The second kappa shape index (κ2) is 7.79. The van der Waals surface area contributed by atoms with Crippen LogP contribution in [-0.4, -0.2) is 39.7 Å². The predicted molar refractivity (Wildman–Crippen MR) is 134 cm³/mol. The number of rotatable bonds is 2. The average Bonchev–Trinajstić information content (AvgIpc) is 2.81. The number of nitriles is 1. The summed E-state index contributed by atoms with van der Waals surface area (Å²) in [7, 11) is 0. The molecule has 4 saturated carbocycles. The SMILES string of the molecule is CC1(C)C(O)C(C#N)C[C@@]2(CO)C1CC[C@]1(C)C2CC=C2C3C[C@@](C)(F)CC[C@]3(C(=O)O)CC[C@]21C. The molecular weight excluding hydrogens is 457 g/mol. The van der Waals surface area contributed by atoms with Crippen molar-refractivity contribution in [1.82, 2.24) is 0 Å². The van der Waals surface area contributed by atoms with E-state index in [9.17, 15) is 25.4 Å². The molecule has 5 aliphatic rings. The number of carboxylic acids is 1. The van der Waals surface area contributed by atoms with Crippen molar-refractivity contribution >= 4 is 5.97 Å². The van der Waals surface area contributed by atoms with E-state index in [1.165, 1.54) is 0 Å². The number of hydrogen-bond acceptors (Lipinski definition) is 4. The van der Waals surface area contributed by atoms with E-state index in [1.54, 1.807) is 6.92 Å². The van der Waals surface area contributed by atoms with E-state index in [1.807, 2.05) is 0 Å². The summed E-state index contributed by atoms with van der Waals surface area (Å²) >= 11 is 0. The topological polar surface area (TPSA) is 102 Å². The fourth-order valence-electron chi connectivity index (χ4n) is 10.7. The number of aliphatic carboxylic acids is 1. The third kappa shape index (κ3) is 3.02. The van der Waals surface area contributed by atoms with Crippen LogP contribution in [-0.2, 0) is 4.79 Å². The van der Waals surface area contributed by atoms with Gasteiger partial charge in [-0.1, -0.05) is 39.3 Å². The Morgan fingerprint density at radius 1 is 1.08 bits per heavy atom. The first kappa shape index (κ1) is 26.2. The lowest BCUT2D eigenvalue weighted by atomic mass is 9.33. The summed E-state index contributed by atoms with van der Waals surface area (Å²) in [6.45, 7) is 10.3. The summed E-state index contributed by atoms with van der Waals surface area (Å²) in [6.07, 6.45) is 6.71. The Kier molecular flexibility index (Phi) is 5.66. The first-order valence-electron chi connectivity index (χ1n) is 14.0. The minimum atomic E-state index is -1.37. The Bertz CT molecular complexity index is 1030. The molecule has 3 N–H and O–H groups in total. The molecule has 0 aromatic heterocycles. The van der Waals surface area contributed by atoms with Gasteiger partial charge in [-0.25, -0.2) is 4.39 Å². The molecule has 6 heteroatoms. The predicted octanol–water partition coefficient (Wildman–Crippen LogP) is 5.66. The fraction of sp³-hybridized carbons (Fsp3) is 0.867. The number of hydrogen-bond donors (Lipinski definition) is 3. The van der Waals surface area contributed by atoms with Gasteiger partial charge >= 0.3 is 5.97 Å². The molecule has 10 atom stereocenters. The van der Waals surface area contributed by atoms with Gasteiger partial charge in [-0.05, 0) is 98.7 Å². The van der Waals surface area contributed by atoms with E-state index < -0.39 is 39.9 Å². The van der Waals surface area contributed by atoms with Crippen LogP contribution in [0.1, 0.15) is 92.4 Å². The van der Waals surface area contributed by atoms with Crippen molar-refractivity contribution in [1.29, 1.82) is 5.26 Å². The molecule has 0 aromatic rings.